The van der Waals surface area contributed by atoms with Gasteiger partial charge in [-0.3, -0.25) is 9.48 Å². The van der Waals surface area contributed by atoms with Crippen LogP contribution in [-0.4, -0.2) is 34.8 Å². The molecule has 1 amide bonds. The van der Waals surface area contributed by atoms with E-state index in [1.165, 1.54) is 24.8 Å². The van der Waals surface area contributed by atoms with Gasteiger partial charge in [0.25, 0.3) is 0 Å². The van der Waals surface area contributed by atoms with Gasteiger partial charge in [-0.1, -0.05) is 43.2 Å². The van der Waals surface area contributed by atoms with E-state index >= 15 is 0 Å². The van der Waals surface area contributed by atoms with Gasteiger partial charge in [-0.2, -0.15) is 5.10 Å². The van der Waals surface area contributed by atoms with Crippen LogP contribution in [0.25, 0.3) is 0 Å². The van der Waals surface area contributed by atoms with E-state index in [-0.39, 0.29) is 17.7 Å². The van der Waals surface area contributed by atoms with E-state index in [1.54, 1.807) is 0 Å². The van der Waals surface area contributed by atoms with Crippen LogP contribution in [0.2, 0.25) is 0 Å². The SMILES string of the molecule is Cn1cc([C@H]2CNC[C@@H]2C(=O)NC2CCCCC2Cc2ccccc2)cn1. The Balaban J connectivity index is 1.42. The lowest BCUT2D eigenvalue weighted by atomic mass is 9.80. The Morgan fingerprint density at radius 2 is 2.04 bits per heavy atom. The lowest BCUT2D eigenvalue weighted by Gasteiger charge is -2.33. The van der Waals surface area contributed by atoms with E-state index in [9.17, 15) is 4.79 Å². The van der Waals surface area contributed by atoms with E-state index in [1.807, 2.05) is 24.1 Å². The van der Waals surface area contributed by atoms with Crippen LogP contribution < -0.4 is 10.6 Å². The molecule has 4 rings (SSSR count). The monoisotopic (exact) mass is 366 g/mol. The van der Waals surface area contributed by atoms with Crippen molar-refractivity contribution in [3.05, 3.63) is 53.9 Å². The number of benzene rings is 1. The van der Waals surface area contributed by atoms with Crippen molar-refractivity contribution in [3.63, 3.8) is 0 Å². The second-order valence-electron chi connectivity index (χ2n) is 8.17. The Bertz CT molecular complexity index is 757. The summed E-state index contributed by atoms with van der Waals surface area (Å²) in [7, 11) is 1.93. The van der Waals surface area contributed by atoms with E-state index in [0.29, 0.717) is 12.0 Å². The Morgan fingerprint density at radius 1 is 1.22 bits per heavy atom. The molecule has 4 atom stereocenters. The first-order chi connectivity index (χ1) is 13.2. The number of nitrogens with zero attached hydrogens (tertiary/aromatic N) is 2. The average molecular weight is 367 g/mol. The number of aryl methyl sites for hydroxylation is 1. The second-order valence-corrected chi connectivity index (χ2v) is 8.17. The Morgan fingerprint density at radius 3 is 2.81 bits per heavy atom. The highest BCUT2D eigenvalue weighted by molar-refractivity contribution is 5.80. The van der Waals surface area contributed by atoms with Gasteiger partial charge in [0.15, 0.2) is 0 Å². The first kappa shape index (κ1) is 18.2. The topological polar surface area (TPSA) is 59.0 Å². The first-order valence-electron chi connectivity index (χ1n) is 10.2. The molecule has 1 aromatic heterocycles. The highest BCUT2D eigenvalue weighted by Gasteiger charge is 2.36. The van der Waals surface area contributed by atoms with Gasteiger partial charge in [-0.25, -0.2) is 0 Å². The van der Waals surface area contributed by atoms with Crippen molar-refractivity contribution in [2.24, 2.45) is 18.9 Å². The highest BCUT2D eigenvalue weighted by atomic mass is 16.2. The number of carbonyl (C=O) groups is 1. The summed E-state index contributed by atoms with van der Waals surface area (Å²) in [6.45, 7) is 1.60. The summed E-state index contributed by atoms with van der Waals surface area (Å²) < 4.78 is 1.82. The molecule has 0 radical (unpaired) electrons. The van der Waals surface area contributed by atoms with Crippen molar-refractivity contribution in [3.8, 4) is 0 Å². The van der Waals surface area contributed by atoms with Gasteiger partial charge in [0.1, 0.15) is 0 Å². The third-order valence-electron chi connectivity index (χ3n) is 6.28. The van der Waals surface area contributed by atoms with Gasteiger partial charge in [-0.05, 0) is 36.3 Å². The zero-order valence-corrected chi connectivity index (χ0v) is 16.1. The van der Waals surface area contributed by atoms with Crippen LogP contribution in [0.15, 0.2) is 42.7 Å². The standard InChI is InChI=1S/C22H30N4O/c1-26-15-18(12-24-26)19-13-23-14-20(19)22(27)25-21-10-6-5-9-17(21)11-16-7-3-2-4-8-16/h2-4,7-8,12,15,17,19-21,23H,5-6,9-11,13-14H2,1H3,(H,25,27)/t17?,19-,20+,21?/m1/s1. The minimum Gasteiger partial charge on any atom is -0.353 e. The molecule has 27 heavy (non-hydrogen) atoms. The largest absolute Gasteiger partial charge is 0.353 e. The molecule has 5 heteroatoms. The molecule has 1 aliphatic heterocycles. The van der Waals surface area contributed by atoms with E-state index < -0.39 is 0 Å². The summed E-state index contributed by atoms with van der Waals surface area (Å²) in [4.78, 5) is 13.1. The molecule has 5 nitrogen and oxygen atoms in total. The smallest absolute Gasteiger partial charge is 0.225 e. The summed E-state index contributed by atoms with van der Waals surface area (Å²) >= 11 is 0. The fourth-order valence-corrected chi connectivity index (χ4v) is 4.78. The third-order valence-corrected chi connectivity index (χ3v) is 6.28. The number of hydrogen-bond donors (Lipinski definition) is 2. The van der Waals surface area contributed by atoms with Crippen molar-refractivity contribution in [1.29, 1.82) is 0 Å². The number of nitrogens with one attached hydrogen (secondary N) is 2. The second kappa shape index (κ2) is 8.26. The molecule has 2 aliphatic rings. The third kappa shape index (κ3) is 4.24. The maximum atomic E-state index is 13.1. The van der Waals surface area contributed by atoms with Gasteiger partial charge < -0.3 is 10.6 Å². The zero-order valence-electron chi connectivity index (χ0n) is 16.1. The van der Waals surface area contributed by atoms with Crippen LogP contribution >= 0.6 is 0 Å². The molecular weight excluding hydrogens is 336 g/mol. The number of hydrogen-bond acceptors (Lipinski definition) is 3. The summed E-state index contributed by atoms with van der Waals surface area (Å²) in [6, 6.07) is 11.0. The molecule has 2 fully saturated rings. The summed E-state index contributed by atoms with van der Waals surface area (Å²) in [5, 5.41) is 11.1. The van der Waals surface area contributed by atoms with Crippen molar-refractivity contribution in [2.45, 2.75) is 44.1 Å². The zero-order chi connectivity index (χ0) is 18.6. The van der Waals surface area contributed by atoms with Crippen molar-refractivity contribution in [1.82, 2.24) is 20.4 Å². The molecule has 2 heterocycles. The predicted molar refractivity (Wildman–Crippen MR) is 106 cm³/mol. The number of rotatable bonds is 5. The number of aromatic nitrogens is 2. The van der Waals surface area contributed by atoms with Gasteiger partial charge >= 0.3 is 0 Å². The van der Waals surface area contributed by atoms with Crippen LogP contribution in [0.1, 0.15) is 42.7 Å². The lowest BCUT2D eigenvalue weighted by Crippen LogP contribution is -2.46. The molecule has 1 aliphatic carbocycles. The van der Waals surface area contributed by atoms with Gasteiger partial charge in [-0.15, -0.1) is 0 Å². The first-order valence-corrected chi connectivity index (χ1v) is 10.2. The average Bonchev–Trinajstić information content (AvgIpc) is 3.33. The molecule has 0 bridgehead atoms. The van der Waals surface area contributed by atoms with Crippen molar-refractivity contribution in [2.75, 3.05) is 13.1 Å². The van der Waals surface area contributed by atoms with Crippen LogP contribution in [0.4, 0.5) is 0 Å². The van der Waals surface area contributed by atoms with Crippen molar-refractivity contribution < 1.29 is 4.79 Å². The molecule has 0 spiro atoms. The van der Waals surface area contributed by atoms with Crippen LogP contribution in [0.5, 0.6) is 0 Å². The Kier molecular flexibility index (Phi) is 5.58. The fourth-order valence-electron chi connectivity index (χ4n) is 4.78. The molecule has 2 N–H and O–H groups in total. The molecule has 144 valence electrons. The Hall–Kier alpha value is -2.14. The molecule has 1 saturated heterocycles. The minimum absolute atomic E-state index is 0.00602. The summed E-state index contributed by atoms with van der Waals surface area (Å²) in [5.74, 6) is 0.957. The van der Waals surface area contributed by atoms with E-state index in [2.05, 4.69) is 46.1 Å². The summed E-state index contributed by atoms with van der Waals surface area (Å²) in [5.41, 5.74) is 2.53. The normalized spacial score (nSPS) is 28.2. The maximum Gasteiger partial charge on any atom is 0.225 e. The van der Waals surface area contributed by atoms with Crippen LogP contribution in [0, 0.1) is 11.8 Å². The lowest BCUT2D eigenvalue weighted by molar-refractivity contribution is -0.126. The number of carbonyl (C=O) groups excluding carboxylic acids is 1. The quantitative estimate of drug-likeness (QED) is 0.855. The van der Waals surface area contributed by atoms with Crippen molar-refractivity contribution >= 4 is 5.91 Å². The Labute approximate surface area is 161 Å². The molecule has 2 aromatic rings. The molecule has 1 saturated carbocycles. The van der Waals surface area contributed by atoms with E-state index in [4.69, 9.17) is 0 Å². The maximum absolute atomic E-state index is 13.1. The minimum atomic E-state index is -0.00602. The van der Waals surface area contributed by atoms with Crippen LogP contribution in [-0.2, 0) is 18.3 Å². The molecule has 1 aromatic carbocycles. The van der Waals surface area contributed by atoms with Gasteiger partial charge in [0.05, 0.1) is 12.1 Å². The van der Waals surface area contributed by atoms with Gasteiger partial charge in [0.2, 0.25) is 5.91 Å². The fraction of sp³-hybridized carbons (Fsp3) is 0.545. The number of amides is 1. The van der Waals surface area contributed by atoms with Gasteiger partial charge in [0, 0.05) is 38.3 Å². The van der Waals surface area contributed by atoms with E-state index in [0.717, 1.165) is 31.5 Å². The molecular formula is C22H30N4O. The summed E-state index contributed by atoms with van der Waals surface area (Å²) in [6.07, 6.45) is 9.78. The van der Waals surface area contributed by atoms with Crippen LogP contribution in [0.3, 0.4) is 0 Å². The highest BCUT2D eigenvalue weighted by Crippen LogP contribution is 2.31. The predicted octanol–water partition coefficient (Wildman–Crippen LogP) is 2.64. The molecule has 2 unspecified atom stereocenters.